The molecule has 356 valence electrons. The summed E-state index contributed by atoms with van der Waals surface area (Å²) in [5, 5.41) is 52.8. The van der Waals surface area contributed by atoms with E-state index < -0.39 is 73.4 Å². The normalized spacial score (nSPS) is 17.8. The second kappa shape index (κ2) is 27.4. The van der Waals surface area contributed by atoms with Crippen LogP contribution in [0, 0.1) is 0 Å². The number of nitrogens with zero attached hydrogens (tertiary/aromatic N) is 4. The average molecular weight is 917 g/mol. The van der Waals surface area contributed by atoms with E-state index in [1.165, 1.54) is 0 Å². The molecule has 1 aliphatic heterocycles. The fourth-order valence-corrected chi connectivity index (χ4v) is 8.14. The fourth-order valence-electron chi connectivity index (χ4n) is 6.74. The lowest BCUT2D eigenvalue weighted by molar-refractivity contribution is -0.142. The van der Waals surface area contributed by atoms with Crippen LogP contribution in [0.3, 0.4) is 0 Å². The number of amides is 2. The summed E-state index contributed by atoms with van der Waals surface area (Å²) in [4.78, 5) is 99.8. The Morgan fingerprint density at radius 2 is 1.29 bits per heavy atom. The van der Waals surface area contributed by atoms with Gasteiger partial charge in [0.1, 0.15) is 17.4 Å². The number of carbonyl (C=O) groups is 7. The SMILES string of the molecule is CC(C)(C)OC(=O)N[C@@H](CCCCNC(=O)CCP(=O)(O)CCCOc1ccc(C[C@H]2CN(CC(=O)O)CCN(CC(=O)O)CCN(CC(=O)O)CCN2CC(=O)O)cc1)C(=O)O. The van der Waals surface area contributed by atoms with Crippen molar-refractivity contribution in [2.45, 2.75) is 77.0 Å². The van der Waals surface area contributed by atoms with E-state index in [0.717, 1.165) is 5.56 Å². The number of ether oxygens (including phenoxy) is 2. The minimum atomic E-state index is -3.67. The highest BCUT2D eigenvalue weighted by Gasteiger charge is 2.28. The van der Waals surface area contributed by atoms with Crippen LogP contribution in [0.1, 0.15) is 58.4 Å². The van der Waals surface area contributed by atoms with E-state index in [4.69, 9.17) is 9.47 Å². The lowest BCUT2D eigenvalue weighted by atomic mass is 10.0. The largest absolute Gasteiger partial charge is 0.494 e. The zero-order valence-electron chi connectivity index (χ0n) is 36.3. The van der Waals surface area contributed by atoms with Crippen molar-refractivity contribution in [1.82, 2.24) is 30.2 Å². The van der Waals surface area contributed by atoms with Gasteiger partial charge in [0.05, 0.1) is 32.8 Å². The van der Waals surface area contributed by atoms with Gasteiger partial charge in [0.25, 0.3) is 0 Å². The second-order valence-electron chi connectivity index (χ2n) is 16.5. The van der Waals surface area contributed by atoms with Crippen LogP contribution in [0.25, 0.3) is 0 Å². The molecule has 1 unspecified atom stereocenters. The van der Waals surface area contributed by atoms with Crippen molar-refractivity contribution in [1.29, 1.82) is 0 Å². The number of hydrogen-bond donors (Lipinski definition) is 8. The Hall–Kier alpha value is -4.86. The van der Waals surface area contributed by atoms with Gasteiger partial charge in [-0.15, -0.1) is 0 Å². The van der Waals surface area contributed by atoms with Gasteiger partial charge in [-0.2, -0.15) is 0 Å². The average Bonchev–Trinajstić information content (AvgIpc) is 3.15. The molecule has 0 bridgehead atoms. The predicted molar refractivity (Wildman–Crippen MR) is 227 cm³/mol. The summed E-state index contributed by atoms with van der Waals surface area (Å²) in [6.07, 6.45) is 0.0430. The number of hydrogen-bond acceptors (Lipinski definition) is 14. The molecule has 0 spiro atoms. The molecule has 1 aromatic carbocycles. The Bertz CT molecular complexity index is 1710. The topological polar surface area (TPSA) is 313 Å². The minimum Gasteiger partial charge on any atom is -0.494 e. The quantitative estimate of drug-likeness (QED) is 0.0498. The summed E-state index contributed by atoms with van der Waals surface area (Å²) in [6, 6.07) is 5.19. The minimum absolute atomic E-state index is 0.0918. The molecule has 0 radical (unpaired) electrons. The van der Waals surface area contributed by atoms with E-state index >= 15 is 0 Å². The zero-order chi connectivity index (χ0) is 47.2. The van der Waals surface area contributed by atoms with Crippen LogP contribution in [0.4, 0.5) is 4.79 Å². The number of benzene rings is 1. The molecule has 1 aliphatic rings. The van der Waals surface area contributed by atoms with Crippen LogP contribution in [-0.4, -0.2) is 207 Å². The summed E-state index contributed by atoms with van der Waals surface area (Å²) in [6.45, 7) is 5.00. The van der Waals surface area contributed by atoms with Crippen LogP contribution >= 0.6 is 7.37 Å². The summed E-state index contributed by atoms with van der Waals surface area (Å²) < 4.78 is 23.6. The highest BCUT2D eigenvalue weighted by molar-refractivity contribution is 7.58. The van der Waals surface area contributed by atoms with Gasteiger partial charge in [0.2, 0.25) is 13.3 Å². The number of unbranched alkanes of at least 4 members (excludes halogenated alkanes) is 1. The summed E-state index contributed by atoms with van der Waals surface area (Å²) in [5.74, 6) is -5.61. The lowest BCUT2D eigenvalue weighted by Gasteiger charge is -2.37. The maximum absolute atomic E-state index is 12.8. The van der Waals surface area contributed by atoms with E-state index in [1.807, 2.05) is 0 Å². The zero-order valence-corrected chi connectivity index (χ0v) is 37.2. The van der Waals surface area contributed by atoms with Crippen LogP contribution in [0.15, 0.2) is 24.3 Å². The molecule has 3 atom stereocenters. The van der Waals surface area contributed by atoms with E-state index in [1.54, 1.807) is 64.6 Å². The van der Waals surface area contributed by atoms with Crippen molar-refractivity contribution in [2.75, 3.05) is 97.5 Å². The van der Waals surface area contributed by atoms with E-state index in [2.05, 4.69) is 10.6 Å². The molecule has 0 aromatic heterocycles. The molecule has 23 heteroatoms. The fraction of sp³-hybridized carbons (Fsp3) is 0.675. The van der Waals surface area contributed by atoms with Gasteiger partial charge >= 0.3 is 35.9 Å². The summed E-state index contributed by atoms with van der Waals surface area (Å²) in [5.41, 5.74) is -0.0252. The van der Waals surface area contributed by atoms with Crippen molar-refractivity contribution in [3.05, 3.63) is 29.8 Å². The molecule has 0 saturated carbocycles. The Morgan fingerprint density at radius 3 is 1.83 bits per heavy atom. The number of aliphatic carboxylic acids is 5. The highest BCUT2D eigenvalue weighted by Crippen LogP contribution is 2.41. The Balaban J connectivity index is 1.94. The summed E-state index contributed by atoms with van der Waals surface area (Å²) >= 11 is 0. The molecule has 2 amide bonds. The smallest absolute Gasteiger partial charge is 0.408 e. The molecule has 1 heterocycles. The van der Waals surface area contributed by atoms with Crippen molar-refractivity contribution < 1.29 is 78.0 Å². The Labute approximate surface area is 366 Å². The molecular weight excluding hydrogens is 851 g/mol. The number of carbonyl (C=O) groups excluding carboxylic acids is 2. The maximum atomic E-state index is 12.8. The van der Waals surface area contributed by atoms with Crippen LogP contribution in [-0.2, 0) is 44.5 Å². The first-order valence-corrected chi connectivity index (χ1v) is 22.8. The highest BCUT2D eigenvalue weighted by atomic mass is 31.2. The first-order valence-electron chi connectivity index (χ1n) is 20.8. The van der Waals surface area contributed by atoms with E-state index in [9.17, 15) is 68.6 Å². The Kier molecular flexibility index (Phi) is 23.6. The molecular formula is C40H65N6O16P. The predicted octanol–water partition coefficient (Wildman–Crippen LogP) is 0.852. The first kappa shape index (κ1) is 54.3. The van der Waals surface area contributed by atoms with Gasteiger partial charge in [-0.25, -0.2) is 9.59 Å². The van der Waals surface area contributed by atoms with Crippen molar-refractivity contribution in [3.8, 4) is 5.75 Å². The molecule has 63 heavy (non-hydrogen) atoms. The van der Waals surface area contributed by atoms with Crippen LogP contribution in [0.5, 0.6) is 5.75 Å². The molecule has 1 aromatic rings. The third-order valence-electron chi connectivity index (χ3n) is 9.80. The van der Waals surface area contributed by atoms with Gasteiger partial charge in [0.15, 0.2) is 0 Å². The molecule has 8 N–H and O–H groups in total. The van der Waals surface area contributed by atoms with Crippen molar-refractivity contribution in [2.24, 2.45) is 0 Å². The maximum Gasteiger partial charge on any atom is 0.408 e. The van der Waals surface area contributed by atoms with Gasteiger partial charge in [-0.3, -0.25) is 48.1 Å². The second-order valence-corrected chi connectivity index (χ2v) is 19.1. The van der Waals surface area contributed by atoms with Crippen LogP contribution < -0.4 is 15.4 Å². The van der Waals surface area contributed by atoms with Gasteiger partial charge < -0.3 is 50.5 Å². The standard InChI is InChI=1S/C40H65N6O16P/c1-40(2,3)62-39(58)42-32(38(56)57)7-4-5-13-41-33(47)12-22-63(59,60)21-6-20-61-31-10-8-29(9-11-31)23-30-24-45(27-36(52)53)17-16-43(25-34(48)49)14-15-44(26-35(50)51)18-19-46(30)28-37(54)55/h8-11,30,32H,4-7,12-28H2,1-3H3,(H,41,47)(H,42,58)(H,48,49)(H,50,51)(H,52,53)(H,54,55)(H,56,57)(H,59,60)/t30-,32-/m0/s1. The first-order chi connectivity index (χ1) is 29.5. The van der Waals surface area contributed by atoms with Crippen molar-refractivity contribution >= 4 is 49.2 Å². The molecule has 1 fully saturated rings. The molecule has 0 aliphatic carbocycles. The number of rotatable bonds is 25. The number of carboxylic acids is 5. The van der Waals surface area contributed by atoms with Gasteiger partial charge in [0, 0.05) is 77.1 Å². The lowest BCUT2D eigenvalue weighted by Crippen LogP contribution is -2.53. The molecule has 2 rings (SSSR count). The Morgan fingerprint density at radius 1 is 0.746 bits per heavy atom. The number of nitrogens with one attached hydrogen (secondary N) is 2. The van der Waals surface area contributed by atoms with Crippen LogP contribution in [0.2, 0.25) is 0 Å². The number of carboxylic acid groups (broad SMARTS) is 5. The van der Waals surface area contributed by atoms with Gasteiger partial charge in [-0.1, -0.05) is 12.1 Å². The summed E-state index contributed by atoms with van der Waals surface area (Å²) in [7, 11) is -3.67. The van der Waals surface area contributed by atoms with Gasteiger partial charge in [-0.05, 0) is 70.6 Å². The van der Waals surface area contributed by atoms with E-state index in [0.29, 0.717) is 18.6 Å². The third-order valence-corrected chi connectivity index (χ3v) is 11.7. The van der Waals surface area contributed by atoms with E-state index in [-0.39, 0.29) is 117 Å². The number of alkyl carbamates (subject to hydrolysis) is 1. The molecule has 22 nitrogen and oxygen atoms in total. The molecule has 1 saturated heterocycles. The monoisotopic (exact) mass is 916 g/mol. The van der Waals surface area contributed by atoms with Crippen molar-refractivity contribution in [3.63, 3.8) is 0 Å². The third kappa shape index (κ3) is 25.1.